The average molecular weight is 276 g/mol. The van der Waals surface area contributed by atoms with Gasteiger partial charge in [-0.3, -0.25) is 0 Å². The van der Waals surface area contributed by atoms with Crippen molar-refractivity contribution in [3.63, 3.8) is 0 Å². The van der Waals surface area contributed by atoms with E-state index in [-0.39, 0.29) is 5.57 Å². The zero-order valence-corrected chi connectivity index (χ0v) is 10.6. The second-order valence-corrected chi connectivity index (χ2v) is 4.24. The van der Waals surface area contributed by atoms with E-state index in [0.29, 0.717) is 0 Å². The van der Waals surface area contributed by atoms with Gasteiger partial charge in [-0.1, -0.05) is 15.9 Å². The molecule has 0 atom stereocenters. The third-order valence-electron chi connectivity index (χ3n) is 2.25. The lowest BCUT2D eigenvalue weighted by Gasteiger charge is -2.09. The van der Waals surface area contributed by atoms with Crippen molar-refractivity contribution in [3.05, 3.63) is 39.5 Å². The Morgan fingerprint density at radius 3 is 2.50 bits per heavy atom. The lowest BCUT2D eigenvalue weighted by molar-refractivity contribution is 1.32. The minimum absolute atomic E-state index is 0.0528. The van der Waals surface area contributed by atoms with Gasteiger partial charge in [-0.15, -0.1) is 0 Å². The first kappa shape index (κ1) is 12.3. The van der Waals surface area contributed by atoms with E-state index in [2.05, 4.69) is 21.2 Å². The third-order valence-corrected chi connectivity index (χ3v) is 2.70. The van der Waals surface area contributed by atoms with E-state index in [4.69, 9.17) is 10.5 Å². The molecular weight excluding hydrogens is 266 g/mol. The number of anilines is 1. The number of nitrogens with zero attached hydrogens (tertiary/aromatic N) is 2. The van der Waals surface area contributed by atoms with Crippen molar-refractivity contribution in [2.24, 2.45) is 0 Å². The topological polar surface area (TPSA) is 59.6 Å². The number of benzene rings is 1. The molecule has 80 valence electrons. The predicted molar refractivity (Wildman–Crippen MR) is 66.5 cm³/mol. The second kappa shape index (κ2) is 5.34. The maximum absolute atomic E-state index is 8.59. The Kier molecular flexibility index (Phi) is 4.10. The first-order chi connectivity index (χ1) is 7.58. The molecule has 0 saturated heterocycles. The van der Waals surface area contributed by atoms with Crippen LogP contribution in [0.3, 0.4) is 0 Å². The number of rotatable bonds is 2. The number of allylic oxidation sites excluding steroid dienone is 1. The molecule has 0 unspecified atom stereocenters. The van der Waals surface area contributed by atoms with Crippen LogP contribution >= 0.6 is 15.9 Å². The van der Waals surface area contributed by atoms with Crippen LogP contribution in [0.25, 0.3) is 0 Å². The Hall–Kier alpha value is -1.78. The number of aryl methyl sites for hydroxylation is 1. The van der Waals surface area contributed by atoms with Crippen LogP contribution in [0.2, 0.25) is 0 Å². The van der Waals surface area contributed by atoms with Gasteiger partial charge in [-0.2, -0.15) is 10.5 Å². The molecule has 0 heterocycles. The summed E-state index contributed by atoms with van der Waals surface area (Å²) in [6.45, 7) is 3.99. The zero-order chi connectivity index (χ0) is 12.1. The van der Waals surface area contributed by atoms with Gasteiger partial charge in [0.15, 0.2) is 0 Å². The van der Waals surface area contributed by atoms with E-state index in [0.717, 1.165) is 21.3 Å². The molecule has 0 aliphatic rings. The lowest BCUT2D eigenvalue weighted by Crippen LogP contribution is -1.95. The van der Waals surface area contributed by atoms with Crippen LogP contribution < -0.4 is 5.32 Å². The van der Waals surface area contributed by atoms with Crippen molar-refractivity contribution in [1.29, 1.82) is 10.5 Å². The Balaban J connectivity index is 3.05. The standard InChI is InChI=1S/C12H10BrN3/c1-8-3-11(13)4-12(9(8)2)16-7-10(5-14)6-15/h3-4,7,16H,1-2H3. The smallest absolute Gasteiger partial charge is 0.145 e. The van der Waals surface area contributed by atoms with Gasteiger partial charge in [-0.05, 0) is 37.1 Å². The van der Waals surface area contributed by atoms with Crippen LogP contribution in [0.1, 0.15) is 11.1 Å². The highest BCUT2D eigenvalue weighted by atomic mass is 79.9. The van der Waals surface area contributed by atoms with Crippen LogP contribution in [0.4, 0.5) is 5.69 Å². The maximum Gasteiger partial charge on any atom is 0.145 e. The summed E-state index contributed by atoms with van der Waals surface area (Å²) in [4.78, 5) is 0. The monoisotopic (exact) mass is 275 g/mol. The molecule has 0 aliphatic heterocycles. The van der Waals surface area contributed by atoms with Crippen molar-refractivity contribution in [3.8, 4) is 12.1 Å². The number of nitriles is 2. The molecule has 16 heavy (non-hydrogen) atoms. The Labute approximate surface area is 103 Å². The van der Waals surface area contributed by atoms with E-state index in [1.165, 1.54) is 6.20 Å². The molecule has 0 spiro atoms. The lowest BCUT2D eigenvalue weighted by atomic mass is 10.1. The first-order valence-electron chi connectivity index (χ1n) is 4.62. The van der Waals surface area contributed by atoms with Gasteiger partial charge in [0.1, 0.15) is 17.7 Å². The summed E-state index contributed by atoms with van der Waals surface area (Å²) in [6.07, 6.45) is 1.41. The fourth-order valence-corrected chi connectivity index (χ4v) is 1.78. The normalized spacial score (nSPS) is 8.81. The molecule has 1 aromatic rings. The Morgan fingerprint density at radius 1 is 1.31 bits per heavy atom. The molecule has 1 aromatic carbocycles. The highest BCUT2D eigenvalue weighted by molar-refractivity contribution is 9.10. The molecule has 1 N–H and O–H groups in total. The van der Waals surface area contributed by atoms with Crippen LogP contribution in [0.15, 0.2) is 28.4 Å². The van der Waals surface area contributed by atoms with Gasteiger partial charge in [0.2, 0.25) is 0 Å². The SMILES string of the molecule is Cc1cc(Br)cc(NC=C(C#N)C#N)c1C. The van der Waals surface area contributed by atoms with Gasteiger partial charge in [0.05, 0.1) is 0 Å². The van der Waals surface area contributed by atoms with E-state index in [1.54, 1.807) is 12.1 Å². The van der Waals surface area contributed by atoms with Gasteiger partial charge in [0, 0.05) is 16.4 Å². The number of hydrogen-bond donors (Lipinski definition) is 1. The van der Waals surface area contributed by atoms with Gasteiger partial charge in [-0.25, -0.2) is 0 Å². The van der Waals surface area contributed by atoms with Crippen molar-refractivity contribution < 1.29 is 0 Å². The van der Waals surface area contributed by atoms with Gasteiger partial charge in [0.25, 0.3) is 0 Å². The van der Waals surface area contributed by atoms with E-state index < -0.39 is 0 Å². The maximum atomic E-state index is 8.59. The minimum Gasteiger partial charge on any atom is -0.360 e. The van der Waals surface area contributed by atoms with Crippen molar-refractivity contribution >= 4 is 21.6 Å². The summed E-state index contributed by atoms with van der Waals surface area (Å²) in [5, 5.41) is 20.1. The van der Waals surface area contributed by atoms with Crippen LogP contribution in [0.5, 0.6) is 0 Å². The van der Waals surface area contributed by atoms with E-state index >= 15 is 0 Å². The van der Waals surface area contributed by atoms with Crippen molar-refractivity contribution in [2.75, 3.05) is 5.32 Å². The fraction of sp³-hybridized carbons (Fsp3) is 0.167. The van der Waals surface area contributed by atoms with E-state index in [9.17, 15) is 0 Å². The second-order valence-electron chi connectivity index (χ2n) is 3.32. The number of halogens is 1. The van der Waals surface area contributed by atoms with Crippen LogP contribution in [-0.2, 0) is 0 Å². The highest BCUT2D eigenvalue weighted by Crippen LogP contribution is 2.24. The Bertz CT molecular complexity index is 502. The molecule has 0 bridgehead atoms. The molecule has 4 heteroatoms. The summed E-state index contributed by atoms with van der Waals surface area (Å²) < 4.78 is 0.960. The van der Waals surface area contributed by atoms with Crippen molar-refractivity contribution in [1.82, 2.24) is 0 Å². The van der Waals surface area contributed by atoms with Gasteiger partial charge >= 0.3 is 0 Å². The molecule has 0 radical (unpaired) electrons. The summed E-state index contributed by atoms with van der Waals surface area (Å²) in [5.41, 5.74) is 3.17. The molecule has 1 rings (SSSR count). The molecule has 0 saturated carbocycles. The molecule has 0 aromatic heterocycles. The first-order valence-corrected chi connectivity index (χ1v) is 5.41. The van der Waals surface area contributed by atoms with E-state index in [1.807, 2.05) is 26.0 Å². The highest BCUT2D eigenvalue weighted by Gasteiger charge is 2.02. The number of nitrogens with one attached hydrogen (secondary N) is 1. The average Bonchev–Trinajstić information content (AvgIpc) is 2.26. The quantitative estimate of drug-likeness (QED) is 0.842. The van der Waals surface area contributed by atoms with Crippen molar-refractivity contribution in [2.45, 2.75) is 13.8 Å². The minimum atomic E-state index is 0.0528. The fourth-order valence-electron chi connectivity index (χ4n) is 1.20. The molecule has 3 nitrogen and oxygen atoms in total. The molecule has 0 fully saturated rings. The largest absolute Gasteiger partial charge is 0.360 e. The Morgan fingerprint density at radius 2 is 1.94 bits per heavy atom. The zero-order valence-electron chi connectivity index (χ0n) is 9.00. The van der Waals surface area contributed by atoms with Gasteiger partial charge < -0.3 is 5.32 Å². The summed E-state index contributed by atoms with van der Waals surface area (Å²) in [5.74, 6) is 0. The third kappa shape index (κ3) is 2.85. The molecular formula is C12H10BrN3. The molecule has 0 amide bonds. The summed E-state index contributed by atoms with van der Waals surface area (Å²) in [6, 6.07) is 7.51. The summed E-state index contributed by atoms with van der Waals surface area (Å²) in [7, 11) is 0. The predicted octanol–water partition coefficient (Wildman–Crippen LogP) is 3.41. The van der Waals surface area contributed by atoms with Crippen LogP contribution in [-0.4, -0.2) is 0 Å². The molecule has 0 aliphatic carbocycles. The number of hydrogen-bond acceptors (Lipinski definition) is 3. The summed E-state index contributed by atoms with van der Waals surface area (Å²) >= 11 is 3.40. The van der Waals surface area contributed by atoms with Crippen LogP contribution in [0, 0.1) is 36.5 Å².